The van der Waals surface area contributed by atoms with Crippen LogP contribution in [0.25, 0.3) is 10.9 Å². The molecule has 0 aliphatic carbocycles. The summed E-state index contributed by atoms with van der Waals surface area (Å²) >= 11 is 0. The summed E-state index contributed by atoms with van der Waals surface area (Å²) in [6.07, 6.45) is 3.58. The van der Waals surface area contributed by atoms with Gasteiger partial charge in [0.15, 0.2) is 0 Å². The van der Waals surface area contributed by atoms with E-state index in [0.717, 1.165) is 34.6 Å². The van der Waals surface area contributed by atoms with Crippen molar-refractivity contribution in [3.63, 3.8) is 0 Å². The van der Waals surface area contributed by atoms with E-state index >= 15 is 0 Å². The molecule has 0 saturated heterocycles. The van der Waals surface area contributed by atoms with E-state index in [1.165, 1.54) is 0 Å². The van der Waals surface area contributed by atoms with Gasteiger partial charge in [0.2, 0.25) is 0 Å². The van der Waals surface area contributed by atoms with Gasteiger partial charge in [-0.05, 0) is 48.9 Å². The van der Waals surface area contributed by atoms with Crippen LogP contribution in [0.4, 0.5) is 5.82 Å². The third-order valence-electron chi connectivity index (χ3n) is 3.18. The van der Waals surface area contributed by atoms with Crippen molar-refractivity contribution in [2.75, 3.05) is 11.9 Å². The van der Waals surface area contributed by atoms with Crippen LogP contribution in [0.15, 0.2) is 54.9 Å². The van der Waals surface area contributed by atoms with Gasteiger partial charge >= 0.3 is 0 Å². The van der Waals surface area contributed by atoms with E-state index in [1.54, 1.807) is 12.4 Å². The molecule has 2 aromatic heterocycles. The summed E-state index contributed by atoms with van der Waals surface area (Å²) in [4.78, 5) is 8.59. The van der Waals surface area contributed by atoms with Crippen molar-refractivity contribution in [1.29, 1.82) is 0 Å². The van der Waals surface area contributed by atoms with Gasteiger partial charge < -0.3 is 10.1 Å². The van der Waals surface area contributed by atoms with E-state index in [9.17, 15) is 0 Å². The molecule has 0 atom stereocenters. The molecule has 0 aliphatic heterocycles. The molecule has 4 nitrogen and oxygen atoms in total. The van der Waals surface area contributed by atoms with E-state index in [4.69, 9.17) is 4.74 Å². The molecule has 0 fully saturated rings. The summed E-state index contributed by atoms with van der Waals surface area (Å²) in [5, 5.41) is 4.23. The van der Waals surface area contributed by atoms with Gasteiger partial charge in [0, 0.05) is 24.3 Å². The Balaban J connectivity index is 1.79. The van der Waals surface area contributed by atoms with Crippen molar-refractivity contribution >= 4 is 16.7 Å². The molecular formula is C17H17N3O. The number of ether oxygens (including phenoxy) is 1. The molecule has 0 bridgehead atoms. The molecule has 0 aliphatic rings. The first-order valence-corrected chi connectivity index (χ1v) is 7.02. The van der Waals surface area contributed by atoms with E-state index in [-0.39, 0.29) is 0 Å². The Morgan fingerprint density at radius 1 is 1.05 bits per heavy atom. The van der Waals surface area contributed by atoms with Crippen molar-refractivity contribution in [3.8, 4) is 5.75 Å². The number of hydrogen-bond acceptors (Lipinski definition) is 4. The van der Waals surface area contributed by atoms with Crippen molar-refractivity contribution < 1.29 is 4.74 Å². The zero-order valence-corrected chi connectivity index (χ0v) is 11.9. The van der Waals surface area contributed by atoms with E-state index < -0.39 is 0 Å². The first-order chi connectivity index (χ1) is 10.4. The van der Waals surface area contributed by atoms with Gasteiger partial charge in [-0.15, -0.1) is 0 Å². The quantitative estimate of drug-likeness (QED) is 0.774. The summed E-state index contributed by atoms with van der Waals surface area (Å²) in [6, 6.07) is 13.8. The molecule has 0 unspecified atom stereocenters. The second-order valence-electron chi connectivity index (χ2n) is 4.69. The summed E-state index contributed by atoms with van der Waals surface area (Å²) in [5.74, 6) is 1.72. The smallest absolute Gasteiger partial charge is 0.129 e. The Labute approximate surface area is 123 Å². The molecule has 106 valence electrons. The maximum atomic E-state index is 5.94. The first kappa shape index (κ1) is 13.4. The third kappa shape index (κ3) is 3.11. The Bertz CT molecular complexity index is 737. The SMILES string of the molecule is CCNc1cc(COc2cccc3ncccc23)ccn1. The lowest BCUT2D eigenvalue weighted by Crippen LogP contribution is -2.01. The standard InChI is InChI=1S/C17H17N3O/c1-2-18-17-11-13(8-10-20-17)12-21-16-7-3-6-15-14(16)5-4-9-19-15/h3-11H,2,12H2,1H3,(H,18,20). The lowest BCUT2D eigenvalue weighted by Gasteiger charge is -2.10. The molecule has 1 aromatic carbocycles. The van der Waals surface area contributed by atoms with Crippen LogP contribution in [0.2, 0.25) is 0 Å². The monoisotopic (exact) mass is 279 g/mol. The van der Waals surface area contributed by atoms with Crippen molar-refractivity contribution in [1.82, 2.24) is 9.97 Å². The van der Waals surface area contributed by atoms with E-state index in [0.29, 0.717) is 6.61 Å². The first-order valence-electron chi connectivity index (χ1n) is 7.02. The topological polar surface area (TPSA) is 47.0 Å². The number of rotatable bonds is 5. The molecule has 4 heteroatoms. The largest absolute Gasteiger partial charge is 0.488 e. The van der Waals surface area contributed by atoms with Crippen LogP contribution in [-0.4, -0.2) is 16.5 Å². The molecule has 1 N–H and O–H groups in total. The fraction of sp³-hybridized carbons (Fsp3) is 0.176. The minimum Gasteiger partial charge on any atom is -0.488 e. The molecule has 0 saturated carbocycles. The zero-order chi connectivity index (χ0) is 14.5. The van der Waals surface area contributed by atoms with Gasteiger partial charge in [0.05, 0.1) is 5.52 Å². The highest BCUT2D eigenvalue weighted by molar-refractivity contribution is 5.84. The van der Waals surface area contributed by atoms with Crippen LogP contribution < -0.4 is 10.1 Å². The van der Waals surface area contributed by atoms with Crippen molar-refractivity contribution in [3.05, 3.63) is 60.4 Å². The van der Waals surface area contributed by atoms with Gasteiger partial charge in [-0.3, -0.25) is 4.98 Å². The van der Waals surface area contributed by atoms with Gasteiger partial charge in [-0.2, -0.15) is 0 Å². The highest BCUT2D eigenvalue weighted by atomic mass is 16.5. The molecule has 21 heavy (non-hydrogen) atoms. The fourth-order valence-electron chi connectivity index (χ4n) is 2.20. The number of fused-ring (bicyclic) bond motifs is 1. The van der Waals surface area contributed by atoms with Gasteiger partial charge in [-0.25, -0.2) is 4.98 Å². The molecule has 2 heterocycles. The summed E-state index contributed by atoms with van der Waals surface area (Å²) in [7, 11) is 0. The number of nitrogens with one attached hydrogen (secondary N) is 1. The number of hydrogen-bond donors (Lipinski definition) is 1. The predicted molar refractivity (Wildman–Crippen MR) is 84.5 cm³/mol. The number of pyridine rings is 2. The summed E-state index contributed by atoms with van der Waals surface area (Å²) in [6.45, 7) is 3.41. The Morgan fingerprint density at radius 2 is 2.00 bits per heavy atom. The van der Waals surface area contributed by atoms with Crippen LogP contribution in [0.1, 0.15) is 12.5 Å². The van der Waals surface area contributed by atoms with Crippen LogP contribution in [-0.2, 0) is 6.61 Å². The maximum Gasteiger partial charge on any atom is 0.129 e. The number of anilines is 1. The van der Waals surface area contributed by atoms with E-state index in [2.05, 4.69) is 15.3 Å². The highest BCUT2D eigenvalue weighted by Gasteiger charge is 2.03. The average molecular weight is 279 g/mol. The Hall–Kier alpha value is -2.62. The summed E-state index contributed by atoms with van der Waals surface area (Å²) < 4.78 is 5.94. The second-order valence-corrected chi connectivity index (χ2v) is 4.69. The highest BCUT2D eigenvalue weighted by Crippen LogP contribution is 2.24. The number of aromatic nitrogens is 2. The molecule has 0 radical (unpaired) electrons. The molecular weight excluding hydrogens is 262 g/mol. The minimum absolute atomic E-state index is 0.509. The second kappa shape index (κ2) is 6.22. The number of nitrogens with zero attached hydrogens (tertiary/aromatic N) is 2. The van der Waals surface area contributed by atoms with Crippen LogP contribution >= 0.6 is 0 Å². The Kier molecular flexibility index (Phi) is 3.96. The van der Waals surface area contributed by atoms with Crippen molar-refractivity contribution in [2.24, 2.45) is 0 Å². The van der Waals surface area contributed by atoms with Crippen LogP contribution in [0, 0.1) is 0 Å². The van der Waals surface area contributed by atoms with Gasteiger partial charge in [0.25, 0.3) is 0 Å². The molecule has 0 amide bonds. The Morgan fingerprint density at radius 3 is 2.90 bits per heavy atom. The minimum atomic E-state index is 0.509. The lowest BCUT2D eigenvalue weighted by molar-refractivity contribution is 0.310. The summed E-state index contributed by atoms with van der Waals surface area (Å²) in [5.41, 5.74) is 2.03. The van der Waals surface area contributed by atoms with Gasteiger partial charge in [0.1, 0.15) is 18.2 Å². The molecule has 3 aromatic rings. The van der Waals surface area contributed by atoms with Crippen LogP contribution in [0.5, 0.6) is 5.75 Å². The zero-order valence-electron chi connectivity index (χ0n) is 11.9. The van der Waals surface area contributed by atoms with Crippen LogP contribution in [0.3, 0.4) is 0 Å². The fourth-order valence-corrected chi connectivity index (χ4v) is 2.20. The lowest BCUT2D eigenvalue weighted by atomic mass is 10.2. The van der Waals surface area contributed by atoms with Gasteiger partial charge in [-0.1, -0.05) is 6.07 Å². The molecule has 0 spiro atoms. The third-order valence-corrected chi connectivity index (χ3v) is 3.18. The maximum absolute atomic E-state index is 5.94. The number of benzene rings is 1. The van der Waals surface area contributed by atoms with Crippen molar-refractivity contribution in [2.45, 2.75) is 13.5 Å². The van der Waals surface area contributed by atoms with E-state index in [1.807, 2.05) is 49.4 Å². The molecule has 3 rings (SSSR count). The predicted octanol–water partition coefficient (Wildman–Crippen LogP) is 3.64. The average Bonchev–Trinajstić information content (AvgIpc) is 2.53. The normalized spacial score (nSPS) is 10.5.